The summed E-state index contributed by atoms with van der Waals surface area (Å²) in [5.41, 5.74) is 1.76. The number of thioether (sulfide) groups is 1. The van der Waals surface area contributed by atoms with E-state index in [0.717, 1.165) is 35.6 Å². The second-order valence-corrected chi connectivity index (χ2v) is 5.69. The Morgan fingerprint density at radius 1 is 1.24 bits per heavy atom. The molecule has 1 saturated heterocycles. The molecule has 5 heteroatoms. The second kappa shape index (κ2) is 4.80. The molecule has 1 N–H and O–H groups in total. The Kier molecular flexibility index (Phi) is 3.18. The summed E-state index contributed by atoms with van der Waals surface area (Å²) in [5, 5.41) is 5.26. The van der Waals surface area contributed by atoms with Gasteiger partial charge in [0, 0.05) is 11.8 Å². The van der Waals surface area contributed by atoms with Gasteiger partial charge in [0.15, 0.2) is 5.15 Å². The molecule has 0 spiro atoms. The molecule has 0 saturated carbocycles. The summed E-state index contributed by atoms with van der Waals surface area (Å²) in [6, 6.07) is 7.81. The first-order valence-electron chi connectivity index (χ1n) is 5.62. The number of nitrogens with one attached hydrogen (secondary N) is 1. The lowest BCUT2D eigenvalue weighted by molar-refractivity contribution is 0.858. The van der Waals surface area contributed by atoms with Crippen LogP contribution in [0.2, 0.25) is 5.15 Å². The monoisotopic (exact) mass is 265 g/mol. The molecule has 0 amide bonds. The lowest BCUT2D eigenvalue weighted by Gasteiger charge is -2.09. The highest BCUT2D eigenvalue weighted by Crippen LogP contribution is 2.31. The van der Waals surface area contributed by atoms with Gasteiger partial charge in [-0.2, -0.15) is 0 Å². The predicted molar refractivity (Wildman–Crippen MR) is 71.7 cm³/mol. The largest absolute Gasteiger partial charge is 0.316 e. The third-order valence-corrected chi connectivity index (χ3v) is 4.41. The molecular weight excluding hydrogens is 254 g/mol. The average Bonchev–Trinajstić information content (AvgIpc) is 2.83. The summed E-state index contributed by atoms with van der Waals surface area (Å²) in [6.45, 7) is 2.10. The van der Waals surface area contributed by atoms with Crippen LogP contribution in [0.1, 0.15) is 6.42 Å². The lowest BCUT2D eigenvalue weighted by Crippen LogP contribution is -2.10. The molecule has 1 atom stereocenters. The van der Waals surface area contributed by atoms with E-state index in [-0.39, 0.29) is 0 Å². The van der Waals surface area contributed by atoms with Gasteiger partial charge < -0.3 is 5.32 Å². The maximum atomic E-state index is 6.17. The van der Waals surface area contributed by atoms with Gasteiger partial charge in [0.25, 0.3) is 0 Å². The molecule has 2 heterocycles. The Labute approximate surface area is 109 Å². The Bertz CT molecular complexity index is 540. The van der Waals surface area contributed by atoms with Crippen molar-refractivity contribution in [1.29, 1.82) is 0 Å². The molecule has 1 aliphatic heterocycles. The fourth-order valence-corrected chi connectivity index (χ4v) is 3.24. The number of rotatable bonds is 2. The van der Waals surface area contributed by atoms with Gasteiger partial charge in [-0.05, 0) is 25.1 Å². The first kappa shape index (κ1) is 11.3. The minimum Gasteiger partial charge on any atom is -0.316 e. The number of hydrogen-bond donors (Lipinski definition) is 1. The van der Waals surface area contributed by atoms with Gasteiger partial charge in [0.2, 0.25) is 0 Å². The normalized spacial score (nSPS) is 19.9. The van der Waals surface area contributed by atoms with Crippen molar-refractivity contribution in [3.05, 3.63) is 29.4 Å². The smallest absolute Gasteiger partial charge is 0.161 e. The molecule has 1 aliphatic rings. The summed E-state index contributed by atoms with van der Waals surface area (Å²) >= 11 is 7.89. The molecule has 17 heavy (non-hydrogen) atoms. The van der Waals surface area contributed by atoms with Crippen molar-refractivity contribution in [2.24, 2.45) is 0 Å². The van der Waals surface area contributed by atoms with Crippen LogP contribution in [0.15, 0.2) is 29.3 Å². The molecule has 0 aliphatic carbocycles. The van der Waals surface area contributed by atoms with Crippen LogP contribution in [0, 0.1) is 0 Å². The minimum absolute atomic E-state index is 0.514. The van der Waals surface area contributed by atoms with Gasteiger partial charge in [-0.1, -0.05) is 35.5 Å². The fourth-order valence-electron chi connectivity index (χ4n) is 1.92. The number of fused-ring (bicyclic) bond motifs is 1. The maximum Gasteiger partial charge on any atom is 0.161 e. The number of hydrogen-bond acceptors (Lipinski definition) is 4. The van der Waals surface area contributed by atoms with Crippen molar-refractivity contribution in [3.8, 4) is 0 Å². The molecule has 1 aromatic carbocycles. The van der Waals surface area contributed by atoms with Gasteiger partial charge in [-0.15, -0.1) is 0 Å². The molecule has 1 fully saturated rings. The molecule has 0 radical (unpaired) electrons. The quantitative estimate of drug-likeness (QED) is 0.906. The van der Waals surface area contributed by atoms with Gasteiger partial charge in [0.05, 0.1) is 11.0 Å². The van der Waals surface area contributed by atoms with Crippen molar-refractivity contribution in [2.75, 3.05) is 13.1 Å². The summed E-state index contributed by atoms with van der Waals surface area (Å²) in [4.78, 5) is 8.96. The number of halogens is 1. The second-order valence-electron chi connectivity index (χ2n) is 4.04. The van der Waals surface area contributed by atoms with E-state index in [1.165, 1.54) is 0 Å². The third-order valence-electron chi connectivity index (χ3n) is 2.79. The summed E-state index contributed by atoms with van der Waals surface area (Å²) in [5.74, 6) is 0. The van der Waals surface area contributed by atoms with Crippen molar-refractivity contribution >= 4 is 34.4 Å². The van der Waals surface area contributed by atoms with Crippen LogP contribution in [0.3, 0.4) is 0 Å². The van der Waals surface area contributed by atoms with E-state index in [0.29, 0.717) is 10.4 Å². The molecule has 1 unspecified atom stereocenters. The Morgan fingerprint density at radius 3 is 2.71 bits per heavy atom. The highest BCUT2D eigenvalue weighted by molar-refractivity contribution is 8.00. The van der Waals surface area contributed by atoms with Crippen LogP contribution < -0.4 is 5.32 Å². The first-order valence-corrected chi connectivity index (χ1v) is 6.88. The van der Waals surface area contributed by atoms with Gasteiger partial charge in [-0.25, -0.2) is 9.97 Å². The minimum atomic E-state index is 0.514. The van der Waals surface area contributed by atoms with Gasteiger partial charge in [-0.3, -0.25) is 0 Å². The molecule has 1 aromatic heterocycles. The van der Waals surface area contributed by atoms with Crippen LogP contribution >= 0.6 is 23.4 Å². The van der Waals surface area contributed by atoms with Crippen LogP contribution in [0.5, 0.6) is 0 Å². The van der Waals surface area contributed by atoms with Crippen LogP contribution in [0.25, 0.3) is 11.0 Å². The molecule has 88 valence electrons. The lowest BCUT2D eigenvalue weighted by atomic mass is 10.3. The third kappa shape index (κ3) is 2.39. The zero-order valence-electron chi connectivity index (χ0n) is 9.19. The summed E-state index contributed by atoms with van der Waals surface area (Å²) < 4.78 is 0. The first-order chi connectivity index (χ1) is 8.33. The van der Waals surface area contributed by atoms with Crippen molar-refractivity contribution in [2.45, 2.75) is 16.7 Å². The molecule has 3 nitrogen and oxygen atoms in total. The predicted octanol–water partition coefficient (Wildman–Crippen LogP) is 2.74. The van der Waals surface area contributed by atoms with E-state index < -0.39 is 0 Å². The highest BCUT2D eigenvalue weighted by atomic mass is 35.5. The number of para-hydroxylation sites is 2. The standard InChI is InChI=1S/C12H12ClN3S/c13-11-12(17-8-5-6-14-7-8)16-10-4-2-1-3-9(10)15-11/h1-4,8,14H,5-7H2. The van der Waals surface area contributed by atoms with Crippen LogP contribution in [-0.4, -0.2) is 28.3 Å². The van der Waals surface area contributed by atoms with E-state index in [1.807, 2.05) is 24.3 Å². The van der Waals surface area contributed by atoms with Crippen molar-refractivity contribution in [1.82, 2.24) is 15.3 Å². The topological polar surface area (TPSA) is 37.8 Å². The van der Waals surface area contributed by atoms with Crippen molar-refractivity contribution in [3.63, 3.8) is 0 Å². The SMILES string of the molecule is Clc1nc2ccccc2nc1SC1CCNC1. The van der Waals surface area contributed by atoms with E-state index in [2.05, 4.69) is 15.3 Å². The van der Waals surface area contributed by atoms with Gasteiger partial charge >= 0.3 is 0 Å². The Balaban J connectivity index is 1.95. The highest BCUT2D eigenvalue weighted by Gasteiger charge is 2.18. The molecule has 2 aromatic rings. The van der Waals surface area contributed by atoms with Crippen molar-refractivity contribution < 1.29 is 0 Å². The zero-order valence-corrected chi connectivity index (χ0v) is 10.8. The van der Waals surface area contributed by atoms with Gasteiger partial charge in [0.1, 0.15) is 5.03 Å². The number of benzene rings is 1. The number of nitrogens with zero attached hydrogens (tertiary/aromatic N) is 2. The number of aromatic nitrogens is 2. The van der Waals surface area contributed by atoms with Crippen LogP contribution in [-0.2, 0) is 0 Å². The van der Waals surface area contributed by atoms with Crippen LogP contribution in [0.4, 0.5) is 0 Å². The molecular formula is C12H12ClN3S. The fraction of sp³-hybridized carbons (Fsp3) is 0.333. The summed E-state index contributed by atoms with van der Waals surface area (Å²) in [6.07, 6.45) is 1.16. The van der Waals surface area contributed by atoms with E-state index in [1.54, 1.807) is 11.8 Å². The zero-order chi connectivity index (χ0) is 11.7. The Hall–Kier alpha value is -0.840. The summed E-state index contributed by atoms with van der Waals surface area (Å²) in [7, 11) is 0. The van der Waals surface area contributed by atoms with E-state index >= 15 is 0 Å². The maximum absolute atomic E-state index is 6.17. The molecule has 0 bridgehead atoms. The van der Waals surface area contributed by atoms with E-state index in [9.17, 15) is 0 Å². The van der Waals surface area contributed by atoms with E-state index in [4.69, 9.17) is 11.6 Å². The molecule has 3 rings (SSSR count). The Morgan fingerprint density at radius 2 is 2.00 bits per heavy atom. The average molecular weight is 266 g/mol.